The molecule has 6 nitrogen and oxygen atoms in total. The molecule has 0 saturated carbocycles. The average Bonchev–Trinajstić information content (AvgIpc) is 2.96. The molecule has 0 aliphatic heterocycles. The van der Waals surface area contributed by atoms with Crippen molar-refractivity contribution in [2.24, 2.45) is 0 Å². The molecule has 0 saturated heterocycles. The molecule has 0 aromatic heterocycles. The summed E-state index contributed by atoms with van der Waals surface area (Å²) < 4.78 is 10.6. The van der Waals surface area contributed by atoms with E-state index in [0.29, 0.717) is 13.2 Å². The molecule has 2 aromatic rings. The molecular formula is C32H60B2N2O4. The van der Waals surface area contributed by atoms with Gasteiger partial charge in [0.05, 0.1) is 0 Å². The predicted molar refractivity (Wildman–Crippen MR) is 173 cm³/mol. The Morgan fingerprint density at radius 1 is 0.450 bits per heavy atom. The largest absolute Gasteiger partial charge is 0.853 e. The zero-order valence-electron chi connectivity index (χ0n) is 26.3. The smallest absolute Gasteiger partial charge is 0.217 e. The van der Waals surface area contributed by atoms with Crippen LogP contribution in [0.15, 0.2) is 60.7 Å². The molecule has 8 N–H and O–H groups in total. The summed E-state index contributed by atoms with van der Waals surface area (Å²) in [4.78, 5) is 0. The van der Waals surface area contributed by atoms with Crippen LogP contribution in [0.1, 0.15) is 117 Å². The Morgan fingerprint density at radius 3 is 1.02 bits per heavy atom. The zero-order chi connectivity index (χ0) is 27.5. The number of hydrogen-bond acceptors (Lipinski definition) is 4. The number of hydrogen-bond donors (Lipinski definition) is 2. The highest BCUT2D eigenvalue weighted by molar-refractivity contribution is 6.58. The van der Waals surface area contributed by atoms with Crippen LogP contribution in [0.3, 0.4) is 0 Å². The van der Waals surface area contributed by atoms with Crippen LogP contribution in [0, 0.1) is 0 Å². The molecule has 0 spiro atoms. The van der Waals surface area contributed by atoms with E-state index in [4.69, 9.17) is 9.31 Å². The fourth-order valence-corrected chi connectivity index (χ4v) is 4.27. The van der Waals surface area contributed by atoms with Crippen LogP contribution in [0.5, 0.6) is 0 Å². The number of unbranched alkanes of at least 4 members (excludes halogenated alkanes) is 14. The predicted octanol–water partition coefficient (Wildman–Crippen LogP) is 6.55. The quantitative estimate of drug-likeness (QED) is 0.125. The van der Waals surface area contributed by atoms with E-state index in [1.54, 1.807) is 0 Å². The SMILES string of the molecule is CCCCCCCCCCOB([O-])c1ccccc1.CCCCCCCCCCOB([O-])c1ccccc1.[NH4+].[NH4+]. The number of benzene rings is 2. The Bertz CT molecular complexity index is 681. The van der Waals surface area contributed by atoms with Crippen molar-refractivity contribution in [3.63, 3.8) is 0 Å². The molecule has 0 unspecified atom stereocenters. The summed E-state index contributed by atoms with van der Waals surface area (Å²) in [6, 6.07) is 18.6. The maximum atomic E-state index is 11.7. The molecule has 0 amide bonds. The van der Waals surface area contributed by atoms with Gasteiger partial charge >= 0.3 is 0 Å². The van der Waals surface area contributed by atoms with Gasteiger partial charge in [-0.05, 0) is 12.8 Å². The highest BCUT2D eigenvalue weighted by Crippen LogP contribution is 2.09. The Hall–Kier alpha value is -1.67. The van der Waals surface area contributed by atoms with Gasteiger partial charge in [0.25, 0.3) is 0 Å². The van der Waals surface area contributed by atoms with Crippen molar-refractivity contribution < 1.29 is 19.4 Å². The molecular weight excluding hydrogens is 498 g/mol. The van der Waals surface area contributed by atoms with Gasteiger partial charge in [-0.2, -0.15) is 0 Å². The molecule has 0 bridgehead atoms. The van der Waals surface area contributed by atoms with Crippen LogP contribution in [0.2, 0.25) is 0 Å². The average molecular weight is 558 g/mol. The van der Waals surface area contributed by atoms with Crippen molar-refractivity contribution in [1.29, 1.82) is 0 Å². The zero-order valence-corrected chi connectivity index (χ0v) is 26.3. The summed E-state index contributed by atoms with van der Waals surface area (Å²) in [6.45, 7) is 5.64. The Balaban J connectivity index is 0. The van der Waals surface area contributed by atoms with E-state index in [-0.39, 0.29) is 12.3 Å². The standard InChI is InChI=1S/2C16H26BO2.2H3N/c2*1-2-3-4-5-6-7-8-12-15-19-17(18)16-13-10-9-11-14-16;;/h2*9-11,13-14H,2-8,12,15H2,1H3;2*1H3/q2*-1;;/p+2. The Morgan fingerprint density at radius 2 is 0.725 bits per heavy atom. The first-order chi connectivity index (χ1) is 18.7. The van der Waals surface area contributed by atoms with Crippen LogP contribution in [-0.2, 0) is 9.31 Å². The maximum Gasteiger partial charge on any atom is 0.217 e. The highest BCUT2D eigenvalue weighted by Gasteiger charge is 2.02. The molecule has 2 rings (SSSR count). The van der Waals surface area contributed by atoms with E-state index in [2.05, 4.69) is 13.8 Å². The highest BCUT2D eigenvalue weighted by atomic mass is 16.5. The number of rotatable bonds is 22. The Labute approximate surface area is 247 Å². The summed E-state index contributed by atoms with van der Waals surface area (Å²) in [5, 5.41) is 23.4. The van der Waals surface area contributed by atoms with E-state index >= 15 is 0 Å². The van der Waals surface area contributed by atoms with Crippen LogP contribution in [-0.4, -0.2) is 27.5 Å². The van der Waals surface area contributed by atoms with E-state index in [1.807, 2.05) is 60.7 Å². The van der Waals surface area contributed by atoms with Gasteiger partial charge in [-0.1, -0.05) is 175 Å². The first-order valence-electron chi connectivity index (χ1n) is 15.3. The van der Waals surface area contributed by atoms with Gasteiger partial charge in [0.1, 0.15) is 0 Å². The number of quaternary nitrogens is 2. The van der Waals surface area contributed by atoms with Crippen LogP contribution < -0.4 is 33.3 Å². The van der Waals surface area contributed by atoms with Gasteiger partial charge in [-0.25, -0.2) is 0 Å². The molecule has 0 atom stereocenters. The van der Waals surface area contributed by atoms with Crippen molar-refractivity contribution >= 4 is 25.2 Å². The van der Waals surface area contributed by atoms with Gasteiger partial charge in [0, 0.05) is 13.2 Å². The topological polar surface area (TPSA) is 138 Å². The van der Waals surface area contributed by atoms with E-state index < -0.39 is 14.2 Å². The third-order valence-corrected chi connectivity index (χ3v) is 6.68. The van der Waals surface area contributed by atoms with Crippen molar-refractivity contribution in [2.75, 3.05) is 13.2 Å². The van der Waals surface area contributed by atoms with Crippen molar-refractivity contribution in [2.45, 2.75) is 117 Å². The van der Waals surface area contributed by atoms with Gasteiger partial charge < -0.3 is 31.7 Å². The lowest BCUT2D eigenvalue weighted by Crippen LogP contribution is -2.46. The molecule has 8 heteroatoms. The molecule has 0 radical (unpaired) electrons. The van der Waals surface area contributed by atoms with E-state index in [0.717, 1.165) is 23.8 Å². The second-order valence-electron chi connectivity index (χ2n) is 10.2. The van der Waals surface area contributed by atoms with Gasteiger partial charge in [-0.15, -0.1) is 0 Å². The van der Waals surface area contributed by atoms with Crippen LogP contribution in [0.25, 0.3) is 0 Å². The third-order valence-electron chi connectivity index (χ3n) is 6.68. The van der Waals surface area contributed by atoms with E-state index in [1.165, 1.54) is 89.9 Å². The van der Waals surface area contributed by atoms with Gasteiger partial charge in [0.2, 0.25) is 14.2 Å². The normalized spacial score (nSPS) is 10.1. The monoisotopic (exact) mass is 558 g/mol. The minimum atomic E-state index is -1.02. The fourth-order valence-electron chi connectivity index (χ4n) is 4.27. The lowest BCUT2D eigenvalue weighted by molar-refractivity contribution is -0.217. The lowest BCUT2D eigenvalue weighted by atomic mass is 9.80. The molecule has 228 valence electrons. The molecule has 40 heavy (non-hydrogen) atoms. The summed E-state index contributed by atoms with van der Waals surface area (Å²) in [5.74, 6) is 0. The first-order valence-corrected chi connectivity index (χ1v) is 15.3. The molecule has 0 aliphatic rings. The molecule has 0 heterocycles. The summed E-state index contributed by atoms with van der Waals surface area (Å²) in [7, 11) is -2.04. The van der Waals surface area contributed by atoms with Crippen molar-refractivity contribution in [3.8, 4) is 0 Å². The molecule has 0 aliphatic carbocycles. The van der Waals surface area contributed by atoms with Crippen molar-refractivity contribution in [3.05, 3.63) is 60.7 Å². The van der Waals surface area contributed by atoms with E-state index in [9.17, 15) is 10.0 Å². The second kappa shape index (κ2) is 30.3. The summed E-state index contributed by atoms with van der Waals surface area (Å²) in [6.07, 6.45) is 20.3. The molecule has 0 fully saturated rings. The maximum absolute atomic E-state index is 11.7. The summed E-state index contributed by atoms with van der Waals surface area (Å²) in [5.41, 5.74) is 1.45. The third kappa shape index (κ3) is 23.1. The first kappa shape index (κ1) is 40.5. The summed E-state index contributed by atoms with van der Waals surface area (Å²) >= 11 is 0. The molecule has 2 aromatic carbocycles. The minimum Gasteiger partial charge on any atom is -0.853 e. The Kier molecular flexibility index (Phi) is 30.6. The fraction of sp³-hybridized carbons (Fsp3) is 0.625. The van der Waals surface area contributed by atoms with Crippen LogP contribution >= 0.6 is 0 Å². The lowest BCUT2D eigenvalue weighted by Gasteiger charge is -2.19. The van der Waals surface area contributed by atoms with Crippen LogP contribution in [0.4, 0.5) is 0 Å². The van der Waals surface area contributed by atoms with Crippen molar-refractivity contribution in [1.82, 2.24) is 12.3 Å². The van der Waals surface area contributed by atoms with Gasteiger partial charge in [-0.3, -0.25) is 0 Å². The second-order valence-corrected chi connectivity index (χ2v) is 10.2. The van der Waals surface area contributed by atoms with Gasteiger partial charge in [0.15, 0.2) is 0 Å². The minimum absolute atomic E-state index is 0.